The lowest BCUT2D eigenvalue weighted by Gasteiger charge is -2.27. The largest absolute Gasteiger partial charge is 0.366 e. The number of piperazine rings is 1. The summed E-state index contributed by atoms with van der Waals surface area (Å²) in [7, 11) is 0. The molecule has 0 unspecified atom stereocenters. The highest BCUT2D eigenvalue weighted by Crippen LogP contribution is 1.99. The molecule has 2 rings (SSSR count). The molecule has 2 aliphatic rings. The Hall–Kier alpha value is -1.75. The summed E-state index contributed by atoms with van der Waals surface area (Å²) in [4.78, 5) is 13.7. The van der Waals surface area contributed by atoms with Gasteiger partial charge in [-0.15, -0.1) is 0 Å². The molecular weight excluding hydrogens is 204 g/mol. The molecule has 1 fully saturated rings. The van der Waals surface area contributed by atoms with Crippen molar-refractivity contribution in [1.29, 1.82) is 0 Å². The second-order valence-corrected chi connectivity index (χ2v) is 3.65. The van der Waals surface area contributed by atoms with Crippen LogP contribution >= 0.6 is 0 Å². The fraction of sp³-hybridized carbons (Fsp3) is 0.364. The van der Waals surface area contributed by atoms with Crippen molar-refractivity contribution in [1.82, 2.24) is 20.9 Å². The predicted octanol–water partition coefficient (Wildman–Crippen LogP) is 0.116. The minimum atomic E-state index is -0.0406. The normalized spacial score (nSPS) is 19.8. The molecule has 0 aromatic carbocycles. The first-order valence-electron chi connectivity index (χ1n) is 5.42. The van der Waals surface area contributed by atoms with Crippen LogP contribution in [-0.4, -0.2) is 37.1 Å². The number of carbonyl (C=O) groups excluding carboxylic acids is 1. The van der Waals surface area contributed by atoms with Gasteiger partial charge in [-0.25, -0.2) is 4.79 Å². The summed E-state index contributed by atoms with van der Waals surface area (Å²) >= 11 is 0. The molecule has 5 heteroatoms. The number of urea groups is 1. The van der Waals surface area contributed by atoms with Gasteiger partial charge in [0.25, 0.3) is 0 Å². The Balaban J connectivity index is 1.88. The van der Waals surface area contributed by atoms with E-state index in [9.17, 15) is 4.79 Å². The van der Waals surface area contributed by atoms with E-state index in [4.69, 9.17) is 0 Å². The molecule has 1 saturated heterocycles. The maximum Gasteiger partial charge on any atom is 0.321 e. The van der Waals surface area contributed by atoms with Gasteiger partial charge in [0.2, 0.25) is 0 Å². The second kappa shape index (κ2) is 5.37. The number of nitrogens with zero attached hydrogens (tertiary/aromatic N) is 1. The Morgan fingerprint density at radius 3 is 2.94 bits per heavy atom. The summed E-state index contributed by atoms with van der Waals surface area (Å²) in [6.07, 6.45) is 9.18. The Labute approximate surface area is 94.9 Å². The smallest absolute Gasteiger partial charge is 0.321 e. The maximum atomic E-state index is 11.8. The molecule has 0 atom stereocenters. The predicted molar refractivity (Wildman–Crippen MR) is 62.5 cm³/mol. The summed E-state index contributed by atoms with van der Waals surface area (Å²) in [5.74, 6) is 0. The van der Waals surface area contributed by atoms with Gasteiger partial charge >= 0.3 is 6.03 Å². The molecule has 0 aromatic heterocycles. The van der Waals surface area contributed by atoms with E-state index in [1.54, 1.807) is 12.4 Å². The van der Waals surface area contributed by atoms with Gasteiger partial charge in [-0.3, -0.25) is 0 Å². The first kappa shape index (κ1) is 10.8. The molecule has 2 heterocycles. The molecule has 0 aliphatic carbocycles. The number of hydrogen-bond acceptors (Lipinski definition) is 3. The molecule has 0 saturated carbocycles. The highest BCUT2D eigenvalue weighted by molar-refractivity contribution is 5.76. The zero-order valence-electron chi connectivity index (χ0n) is 9.07. The van der Waals surface area contributed by atoms with Gasteiger partial charge in [-0.2, -0.15) is 0 Å². The van der Waals surface area contributed by atoms with E-state index in [2.05, 4.69) is 16.0 Å². The van der Waals surface area contributed by atoms with Gasteiger partial charge in [0.1, 0.15) is 0 Å². The van der Waals surface area contributed by atoms with Crippen LogP contribution in [0.2, 0.25) is 0 Å². The molecule has 16 heavy (non-hydrogen) atoms. The van der Waals surface area contributed by atoms with E-state index >= 15 is 0 Å². The number of amides is 2. The second-order valence-electron chi connectivity index (χ2n) is 3.65. The molecule has 2 aliphatic heterocycles. The molecule has 86 valence electrons. The molecule has 3 N–H and O–H groups in total. The number of hydrogen-bond donors (Lipinski definition) is 3. The number of rotatable bonds is 1. The summed E-state index contributed by atoms with van der Waals surface area (Å²) in [6, 6.07) is -0.0406. The Kier molecular flexibility index (Phi) is 3.61. The van der Waals surface area contributed by atoms with Crippen molar-refractivity contribution >= 4 is 6.03 Å². The van der Waals surface area contributed by atoms with E-state index in [1.807, 2.05) is 23.1 Å². The average molecular weight is 220 g/mol. The van der Waals surface area contributed by atoms with Gasteiger partial charge in [-0.1, -0.05) is 6.08 Å². The van der Waals surface area contributed by atoms with Crippen molar-refractivity contribution in [2.45, 2.75) is 0 Å². The summed E-state index contributed by atoms with van der Waals surface area (Å²) < 4.78 is 0. The molecule has 0 spiro atoms. The lowest BCUT2D eigenvalue weighted by Crippen LogP contribution is -2.49. The van der Waals surface area contributed by atoms with Crippen molar-refractivity contribution in [2.75, 3.05) is 26.2 Å². The molecular formula is C11H16N4O. The average Bonchev–Trinajstić information content (AvgIpc) is 2.59. The van der Waals surface area contributed by atoms with Crippen molar-refractivity contribution in [3.8, 4) is 0 Å². The maximum absolute atomic E-state index is 11.8. The van der Waals surface area contributed by atoms with Gasteiger partial charge in [0.15, 0.2) is 0 Å². The Bertz CT molecular complexity index is 340. The summed E-state index contributed by atoms with van der Waals surface area (Å²) in [5, 5.41) is 9.03. The Morgan fingerprint density at radius 2 is 2.12 bits per heavy atom. The van der Waals surface area contributed by atoms with Crippen molar-refractivity contribution in [3.63, 3.8) is 0 Å². The fourth-order valence-corrected chi connectivity index (χ4v) is 1.60. The van der Waals surface area contributed by atoms with Crippen LogP contribution in [0.25, 0.3) is 0 Å². The molecule has 0 radical (unpaired) electrons. The van der Waals surface area contributed by atoms with E-state index in [0.29, 0.717) is 0 Å². The van der Waals surface area contributed by atoms with Crippen LogP contribution < -0.4 is 16.0 Å². The number of carbonyl (C=O) groups is 1. The van der Waals surface area contributed by atoms with Gasteiger partial charge in [-0.05, 0) is 12.2 Å². The quantitative estimate of drug-likeness (QED) is 0.588. The van der Waals surface area contributed by atoms with Crippen LogP contribution in [0.5, 0.6) is 0 Å². The van der Waals surface area contributed by atoms with Crippen LogP contribution in [0.1, 0.15) is 0 Å². The lowest BCUT2D eigenvalue weighted by molar-refractivity contribution is 0.193. The minimum absolute atomic E-state index is 0.0406. The third kappa shape index (κ3) is 2.87. The topological polar surface area (TPSA) is 56.4 Å². The number of allylic oxidation sites excluding steroid dienone is 3. The van der Waals surface area contributed by atoms with Crippen molar-refractivity contribution < 1.29 is 4.79 Å². The van der Waals surface area contributed by atoms with Crippen LogP contribution in [0.3, 0.4) is 0 Å². The highest BCUT2D eigenvalue weighted by atomic mass is 16.2. The number of nitrogens with one attached hydrogen (secondary N) is 3. The van der Waals surface area contributed by atoms with Crippen LogP contribution in [-0.2, 0) is 0 Å². The standard InChI is InChI=1S/C11H16N4O/c16-11(15-7-5-12-6-8-15)14-10-3-1-2-4-13-9-10/h1-4,9,12-13H,5-8H2,(H,14,16). The van der Waals surface area contributed by atoms with E-state index in [1.165, 1.54) is 0 Å². The third-order valence-electron chi connectivity index (χ3n) is 2.47. The third-order valence-corrected chi connectivity index (χ3v) is 2.47. The van der Waals surface area contributed by atoms with E-state index in [-0.39, 0.29) is 6.03 Å². The van der Waals surface area contributed by atoms with E-state index in [0.717, 1.165) is 31.9 Å². The molecule has 0 aromatic rings. The fourth-order valence-electron chi connectivity index (χ4n) is 1.60. The van der Waals surface area contributed by atoms with E-state index < -0.39 is 0 Å². The van der Waals surface area contributed by atoms with Gasteiger partial charge in [0, 0.05) is 38.6 Å². The zero-order valence-corrected chi connectivity index (χ0v) is 9.07. The first-order chi connectivity index (χ1) is 7.86. The minimum Gasteiger partial charge on any atom is -0.366 e. The van der Waals surface area contributed by atoms with Crippen LogP contribution in [0, 0.1) is 0 Å². The van der Waals surface area contributed by atoms with Gasteiger partial charge < -0.3 is 20.9 Å². The van der Waals surface area contributed by atoms with Crippen LogP contribution in [0.4, 0.5) is 4.79 Å². The molecule has 2 amide bonds. The monoisotopic (exact) mass is 220 g/mol. The van der Waals surface area contributed by atoms with Crippen molar-refractivity contribution in [2.24, 2.45) is 0 Å². The van der Waals surface area contributed by atoms with Crippen molar-refractivity contribution in [3.05, 3.63) is 36.3 Å². The van der Waals surface area contributed by atoms with Gasteiger partial charge in [0.05, 0.1) is 5.70 Å². The SMILES string of the molecule is O=C(NC1=CNC=CC=C1)N1CCNCC1. The highest BCUT2D eigenvalue weighted by Gasteiger charge is 2.15. The first-order valence-corrected chi connectivity index (χ1v) is 5.42. The summed E-state index contributed by atoms with van der Waals surface area (Å²) in [5.41, 5.74) is 0.772. The Morgan fingerprint density at radius 1 is 1.31 bits per heavy atom. The molecule has 0 bridgehead atoms. The zero-order chi connectivity index (χ0) is 11.2. The van der Waals surface area contributed by atoms with Crippen LogP contribution in [0.15, 0.2) is 36.3 Å². The molecule has 5 nitrogen and oxygen atoms in total. The lowest BCUT2D eigenvalue weighted by atomic mass is 10.3. The summed E-state index contributed by atoms with van der Waals surface area (Å²) in [6.45, 7) is 3.24.